The molecule has 0 amide bonds. The molecule has 0 atom stereocenters. The number of rotatable bonds is 5. The quantitative estimate of drug-likeness (QED) is 0.226. The standard InChI is InChI=1S/C15H18I3NO2/c16-10-8-12(14(18)13(17)9-10)15(20)21-7-6-19-11-4-2-1-3-5-11/h8-9,11,19H,1-7H2. The second-order valence-electron chi connectivity index (χ2n) is 5.17. The van der Waals surface area contributed by atoms with Crippen molar-refractivity contribution in [3.8, 4) is 0 Å². The highest BCUT2D eigenvalue weighted by atomic mass is 127. The Balaban J connectivity index is 1.79. The van der Waals surface area contributed by atoms with Gasteiger partial charge in [0.25, 0.3) is 0 Å². The normalized spacial score (nSPS) is 16.0. The minimum Gasteiger partial charge on any atom is -0.461 e. The van der Waals surface area contributed by atoms with E-state index in [1.807, 2.05) is 6.07 Å². The topological polar surface area (TPSA) is 38.3 Å². The van der Waals surface area contributed by atoms with Gasteiger partial charge in [-0.1, -0.05) is 19.3 Å². The predicted octanol–water partition coefficient (Wildman–Crippen LogP) is 4.58. The largest absolute Gasteiger partial charge is 0.461 e. The third-order valence-corrected chi connectivity index (χ3v) is 7.25. The van der Waals surface area contributed by atoms with Crippen molar-refractivity contribution in [3.05, 3.63) is 28.4 Å². The highest BCUT2D eigenvalue weighted by molar-refractivity contribution is 14.1. The molecule has 3 nitrogen and oxygen atoms in total. The summed E-state index contributed by atoms with van der Waals surface area (Å²) in [5.41, 5.74) is 0.671. The molecule has 0 spiro atoms. The van der Waals surface area contributed by atoms with Gasteiger partial charge in [-0.05, 0) is 92.7 Å². The van der Waals surface area contributed by atoms with Crippen LogP contribution in [0.5, 0.6) is 0 Å². The fourth-order valence-corrected chi connectivity index (χ4v) is 4.87. The highest BCUT2D eigenvalue weighted by Gasteiger charge is 2.16. The van der Waals surface area contributed by atoms with Crippen LogP contribution in [0.4, 0.5) is 0 Å². The summed E-state index contributed by atoms with van der Waals surface area (Å²) < 4.78 is 8.52. The van der Waals surface area contributed by atoms with Crippen molar-refractivity contribution < 1.29 is 9.53 Å². The molecule has 1 N–H and O–H groups in total. The molecule has 0 saturated heterocycles. The lowest BCUT2D eigenvalue weighted by molar-refractivity contribution is 0.0503. The summed E-state index contributed by atoms with van der Waals surface area (Å²) in [5.74, 6) is -0.221. The van der Waals surface area contributed by atoms with Gasteiger partial charge in [0.2, 0.25) is 0 Å². The fraction of sp³-hybridized carbons (Fsp3) is 0.533. The molecule has 0 radical (unpaired) electrons. The van der Waals surface area contributed by atoms with Gasteiger partial charge in [0.05, 0.1) is 5.56 Å². The Morgan fingerprint density at radius 1 is 1.19 bits per heavy atom. The van der Waals surface area contributed by atoms with Crippen LogP contribution in [-0.2, 0) is 4.74 Å². The van der Waals surface area contributed by atoms with E-state index in [9.17, 15) is 4.79 Å². The lowest BCUT2D eigenvalue weighted by atomic mass is 9.96. The average molecular weight is 625 g/mol. The minimum atomic E-state index is -0.221. The molecule has 1 saturated carbocycles. The molecule has 0 bridgehead atoms. The Hall–Kier alpha value is 0.840. The summed E-state index contributed by atoms with van der Waals surface area (Å²) in [7, 11) is 0. The van der Waals surface area contributed by atoms with E-state index in [4.69, 9.17) is 4.74 Å². The molecule has 1 fully saturated rings. The summed E-state index contributed by atoms with van der Waals surface area (Å²) in [4.78, 5) is 12.2. The maximum Gasteiger partial charge on any atom is 0.339 e. The molecule has 1 aliphatic rings. The maximum atomic E-state index is 12.2. The Morgan fingerprint density at radius 3 is 2.62 bits per heavy atom. The summed E-state index contributed by atoms with van der Waals surface area (Å²) in [6.07, 6.45) is 6.49. The van der Waals surface area contributed by atoms with Gasteiger partial charge >= 0.3 is 5.97 Å². The van der Waals surface area contributed by atoms with Gasteiger partial charge in [0.1, 0.15) is 6.61 Å². The van der Waals surface area contributed by atoms with E-state index in [2.05, 4.69) is 79.2 Å². The van der Waals surface area contributed by atoms with Gasteiger partial charge in [-0.2, -0.15) is 0 Å². The van der Waals surface area contributed by atoms with Crippen LogP contribution in [0, 0.1) is 10.7 Å². The number of nitrogens with one attached hydrogen (secondary N) is 1. The second kappa shape index (κ2) is 9.21. The number of halogens is 3. The van der Waals surface area contributed by atoms with Crippen molar-refractivity contribution in [2.45, 2.75) is 38.1 Å². The second-order valence-corrected chi connectivity index (χ2v) is 8.66. The summed E-state index contributed by atoms with van der Waals surface area (Å²) >= 11 is 6.68. The number of hydrogen-bond donors (Lipinski definition) is 1. The summed E-state index contributed by atoms with van der Waals surface area (Å²) in [6, 6.07) is 4.56. The first-order valence-electron chi connectivity index (χ1n) is 7.13. The fourth-order valence-electron chi connectivity index (χ4n) is 2.50. The van der Waals surface area contributed by atoms with Crippen LogP contribution in [0.15, 0.2) is 12.1 Å². The van der Waals surface area contributed by atoms with Crippen molar-refractivity contribution >= 4 is 73.7 Å². The molecule has 0 aromatic heterocycles. The molecule has 21 heavy (non-hydrogen) atoms. The zero-order chi connectivity index (χ0) is 15.2. The van der Waals surface area contributed by atoms with Gasteiger partial charge < -0.3 is 10.1 Å². The van der Waals surface area contributed by atoms with Crippen molar-refractivity contribution in [1.82, 2.24) is 5.32 Å². The van der Waals surface area contributed by atoms with Gasteiger partial charge in [0, 0.05) is 23.3 Å². The van der Waals surface area contributed by atoms with E-state index < -0.39 is 0 Å². The van der Waals surface area contributed by atoms with Crippen LogP contribution in [0.1, 0.15) is 42.5 Å². The molecule has 2 rings (SSSR count). The van der Waals surface area contributed by atoms with Crippen LogP contribution < -0.4 is 5.32 Å². The number of ether oxygens (including phenoxy) is 1. The smallest absolute Gasteiger partial charge is 0.339 e. The molecule has 0 unspecified atom stereocenters. The lowest BCUT2D eigenvalue weighted by Crippen LogP contribution is -2.34. The van der Waals surface area contributed by atoms with Crippen molar-refractivity contribution in [1.29, 1.82) is 0 Å². The van der Waals surface area contributed by atoms with E-state index >= 15 is 0 Å². The van der Waals surface area contributed by atoms with Crippen molar-refractivity contribution in [2.24, 2.45) is 0 Å². The first-order chi connectivity index (χ1) is 10.1. The van der Waals surface area contributed by atoms with Crippen molar-refractivity contribution in [3.63, 3.8) is 0 Å². The van der Waals surface area contributed by atoms with Crippen LogP contribution in [0.2, 0.25) is 0 Å². The summed E-state index contributed by atoms with van der Waals surface area (Å²) in [6.45, 7) is 1.18. The number of hydrogen-bond acceptors (Lipinski definition) is 3. The third-order valence-electron chi connectivity index (χ3n) is 3.59. The van der Waals surface area contributed by atoms with E-state index in [1.54, 1.807) is 0 Å². The Bertz CT molecular complexity index is 502. The molecular formula is C15H18I3NO2. The zero-order valence-corrected chi connectivity index (χ0v) is 18.1. The Labute approximate surface area is 166 Å². The lowest BCUT2D eigenvalue weighted by Gasteiger charge is -2.22. The highest BCUT2D eigenvalue weighted by Crippen LogP contribution is 2.23. The van der Waals surface area contributed by atoms with E-state index in [0.29, 0.717) is 18.2 Å². The number of esters is 1. The molecule has 1 aliphatic carbocycles. The maximum absolute atomic E-state index is 12.2. The van der Waals surface area contributed by atoms with Gasteiger partial charge in [0.15, 0.2) is 0 Å². The van der Waals surface area contributed by atoms with Crippen LogP contribution in [0.3, 0.4) is 0 Å². The molecule has 1 aromatic carbocycles. The summed E-state index contributed by atoms with van der Waals surface area (Å²) in [5, 5.41) is 3.48. The average Bonchev–Trinajstić information content (AvgIpc) is 2.48. The predicted molar refractivity (Wildman–Crippen MR) is 110 cm³/mol. The molecule has 6 heteroatoms. The molecule has 1 aromatic rings. The number of benzene rings is 1. The van der Waals surface area contributed by atoms with Crippen LogP contribution in [0.25, 0.3) is 0 Å². The Morgan fingerprint density at radius 2 is 1.90 bits per heavy atom. The zero-order valence-electron chi connectivity index (χ0n) is 11.6. The molecule has 0 heterocycles. The van der Waals surface area contributed by atoms with Crippen LogP contribution in [-0.4, -0.2) is 25.2 Å². The Kier molecular flexibility index (Phi) is 7.98. The van der Waals surface area contributed by atoms with Gasteiger partial charge in [-0.3, -0.25) is 0 Å². The first kappa shape index (κ1) is 18.2. The SMILES string of the molecule is O=C(OCCNC1CCCCC1)c1cc(I)cc(I)c1I. The number of carbonyl (C=O) groups is 1. The van der Waals surface area contributed by atoms with E-state index in [1.165, 1.54) is 32.1 Å². The first-order valence-corrected chi connectivity index (χ1v) is 10.4. The monoisotopic (exact) mass is 625 g/mol. The van der Waals surface area contributed by atoms with Gasteiger partial charge in [-0.15, -0.1) is 0 Å². The van der Waals surface area contributed by atoms with Crippen molar-refractivity contribution in [2.75, 3.05) is 13.2 Å². The molecule has 0 aliphatic heterocycles. The van der Waals surface area contributed by atoms with E-state index in [-0.39, 0.29) is 5.97 Å². The third kappa shape index (κ3) is 5.76. The number of carbonyl (C=O) groups excluding carboxylic acids is 1. The van der Waals surface area contributed by atoms with Crippen LogP contribution >= 0.6 is 67.8 Å². The molecular weight excluding hydrogens is 607 g/mol. The van der Waals surface area contributed by atoms with Gasteiger partial charge in [-0.25, -0.2) is 4.79 Å². The minimum absolute atomic E-state index is 0.221. The van der Waals surface area contributed by atoms with E-state index in [0.717, 1.165) is 17.3 Å². The molecule has 116 valence electrons.